The number of ether oxygens (including phenoxy) is 1. The molecule has 0 aliphatic rings. The maximum absolute atomic E-state index is 10.6. The normalized spacial score (nSPS) is 8.57. The minimum atomic E-state index is -0.309. The van der Waals surface area contributed by atoms with E-state index in [-0.39, 0.29) is 6.09 Å². The molecule has 0 bridgehead atoms. The van der Waals surface area contributed by atoms with Gasteiger partial charge in [0.2, 0.25) is 0 Å². The lowest BCUT2D eigenvalue weighted by Crippen LogP contribution is -2.24. The zero-order valence-corrected chi connectivity index (χ0v) is 10.1. The molecule has 14 heavy (non-hydrogen) atoms. The molecule has 1 amide bonds. The summed E-state index contributed by atoms with van der Waals surface area (Å²) in [6, 6.07) is 0. The molecule has 0 rings (SSSR count). The van der Waals surface area contributed by atoms with Crippen molar-refractivity contribution in [2.75, 3.05) is 13.2 Å². The summed E-state index contributed by atoms with van der Waals surface area (Å²) < 4.78 is 4.64. The van der Waals surface area contributed by atoms with Crippen LogP contribution in [0.15, 0.2) is 0 Å². The van der Waals surface area contributed by atoms with E-state index in [9.17, 15) is 4.79 Å². The molecular formula is C11H25NO2. The maximum atomic E-state index is 10.6. The number of carbonyl (C=O) groups excluding carboxylic acids is 1. The summed E-state index contributed by atoms with van der Waals surface area (Å²) in [5, 5.41) is 2.62. The van der Waals surface area contributed by atoms with E-state index >= 15 is 0 Å². The average molecular weight is 203 g/mol. The highest BCUT2D eigenvalue weighted by Gasteiger charge is 1.95. The molecule has 0 saturated carbocycles. The van der Waals surface area contributed by atoms with Gasteiger partial charge in [-0.2, -0.15) is 0 Å². The van der Waals surface area contributed by atoms with Gasteiger partial charge < -0.3 is 10.1 Å². The van der Waals surface area contributed by atoms with E-state index in [0.717, 1.165) is 19.4 Å². The van der Waals surface area contributed by atoms with Crippen LogP contribution in [0, 0.1) is 0 Å². The summed E-state index contributed by atoms with van der Waals surface area (Å²) in [6.07, 6.45) is 4.43. The molecule has 3 heteroatoms. The van der Waals surface area contributed by atoms with Gasteiger partial charge in [0.15, 0.2) is 0 Å². The highest BCUT2D eigenvalue weighted by molar-refractivity contribution is 5.66. The Morgan fingerprint density at radius 1 is 1.07 bits per heavy atom. The first kappa shape index (κ1) is 15.7. The smallest absolute Gasteiger partial charge is 0.407 e. The Labute approximate surface area is 88.2 Å². The standard InChI is InChI=1S/C7H15NO2.C4H10/c1-3-5-6-8-7(9)10-4-2;1-3-4-2/h3-6H2,1-2H3,(H,8,9);3-4H2,1-2H3. The Morgan fingerprint density at radius 3 is 2.00 bits per heavy atom. The monoisotopic (exact) mass is 203 g/mol. The van der Waals surface area contributed by atoms with Crippen LogP contribution in [0.1, 0.15) is 53.4 Å². The Balaban J connectivity index is 0. The van der Waals surface area contributed by atoms with Crippen molar-refractivity contribution in [3.8, 4) is 0 Å². The van der Waals surface area contributed by atoms with E-state index in [0.29, 0.717) is 6.61 Å². The summed E-state index contributed by atoms with van der Waals surface area (Å²) in [4.78, 5) is 10.6. The largest absolute Gasteiger partial charge is 0.450 e. The van der Waals surface area contributed by atoms with Gasteiger partial charge >= 0.3 is 6.09 Å². The molecule has 0 aromatic carbocycles. The molecule has 0 aromatic rings. The molecule has 0 spiro atoms. The first-order valence-corrected chi connectivity index (χ1v) is 5.63. The Hall–Kier alpha value is -0.730. The van der Waals surface area contributed by atoms with E-state index < -0.39 is 0 Å². The fraction of sp³-hybridized carbons (Fsp3) is 0.909. The van der Waals surface area contributed by atoms with Crippen molar-refractivity contribution in [2.24, 2.45) is 0 Å². The molecular weight excluding hydrogens is 178 g/mol. The van der Waals surface area contributed by atoms with E-state index in [2.05, 4.69) is 30.8 Å². The molecule has 0 radical (unpaired) electrons. The topological polar surface area (TPSA) is 38.3 Å². The van der Waals surface area contributed by atoms with Gasteiger partial charge in [0.1, 0.15) is 0 Å². The second kappa shape index (κ2) is 14.8. The number of hydrogen-bond donors (Lipinski definition) is 1. The van der Waals surface area contributed by atoms with Crippen molar-refractivity contribution in [3.63, 3.8) is 0 Å². The first-order valence-electron chi connectivity index (χ1n) is 5.63. The van der Waals surface area contributed by atoms with Gasteiger partial charge in [0, 0.05) is 6.54 Å². The summed E-state index contributed by atoms with van der Waals surface area (Å²) in [5.41, 5.74) is 0. The highest BCUT2D eigenvalue weighted by atomic mass is 16.5. The first-order chi connectivity index (χ1) is 6.72. The molecule has 3 nitrogen and oxygen atoms in total. The van der Waals surface area contributed by atoms with Gasteiger partial charge in [0.05, 0.1) is 6.61 Å². The Bertz CT molecular complexity index is 114. The Morgan fingerprint density at radius 2 is 1.64 bits per heavy atom. The quantitative estimate of drug-likeness (QED) is 0.696. The lowest BCUT2D eigenvalue weighted by molar-refractivity contribution is 0.152. The molecule has 0 unspecified atom stereocenters. The van der Waals surface area contributed by atoms with Crippen LogP contribution in [-0.2, 0) is 4.74 Å². The zero-order chi connectivity index (χ0) is 11.2. The number of alkyl carbamates (subject to hydrolysis) is 1. The van der Waals surface area contributed by atoms with Crippen molar-refractivity contribution < 1.29 is 9.53 Å². The molecule has 0 aliphatic carbocycles. The third-order valence-electron chi connectivity index (χ3n) is 1.58. The van der Waals surface area contributed by atoms with Crippen molar-refractivity contribution in [2.45, 2.75) is 53.4 Å². The molecule has 86 valence electrons. The van der Waals surface area contributed by atoms with E-state index in [1.807, 2.05) is 0 Å². The van der Waals surface area contributed by atoms with Gasteiger partial charge in [0.25, 0.3) is 0 Å². The van der Waals surface area contributed by atoms with Gasteiger partial charge in [-0.15, -0.1) is 0 Å². The predicted octanol–water partition coefficient (Wildman–Crippen LogP) is 3.34. The maximum Gasteiger partial charge on any atom is 0.407 e. The number of hydrogen-bond acceptors (Lipinski definition) is 2. The van der Waals surface area contributed by atoms with Crippen LogP contribution >= 0.6 is 0 Å². The van der Waals surface area contributed by atoms with Crippen LogP contribution in [0.3, 0.4) is 0 Å². The SMILES string of the molecule is CCCC.CCCCNC(=O)OCC. The average Bonchev–Trinajstić information content (AvgIpc) is 2.19. The fourth-order valence-corrected chi connectivity index (χ4v) is 0.549. The van der Waals surface area contributed by atoms with Crippen LogP contribution in [0.5, 0.6) is 0 Å². The minimum absolute atomic E-state index is 0.309. The van der Waals surface area contributed by atoms with Crippen LogP contribution in [0.2, 0.25) is 0 Å². The molecule has 0 saturated heterocycles. The van der Waals surface area contributed by atoms with Crippen molar-refractivity contribution in [1.29, 1.82) is 0 Å². The van der Waals surface area contributed by atoms with Crippen molar-refractivity contribution >= 4 is 6.09 Å². The number of carbonyl (C=O) groups is 1. The molecule has 0 fully saturated rings. The number of amides is 1. The third-order valence-corrected chi connectivity index (χ3v) is 1.58. The minimum Gasteiger partial charge on any atom is -0.450 e. The van der Waals surface area contributed by atoms with E-state index in [1.54, 1.807) is 6.92 Å². The predicted molar refractivity (Wildman–Crippen MR) is 60.5 cm³/mol. The zero-order valence-electron chi connectivity index (χ0n) is 10.1. The van der Waals surface area contributed by atoms with Crippen LogP contribution in [0.4, 0.5) is 4.79 Å². The number of unbranched alkanes of at least 4 members (excludes halogenated alkanes) is 2. The van der Waals surface area contributed by atoms with Crippen LogP contribution < -0.4 is 5.32 Å². The Kier molecular flexibility index (Phi) is 16.6. The molecule has 0 aliphatic heterocycles. The summed E-state index contributed by atoms with van der Waals surface area (Å²) in [7, 11) is 0. The molecule has 0 heterocycles. The lowest BCUT2D eigenvalue weighted by atomic mass is 10.3. The fourth-order valence-electron chi connectivity index (χ4n) is 0.549. The molecule has 1 N–H and O–H groups in total. The molecule has 0 aromatic heterocycles. The summed E-state index contributed by atoms with van der Waals surface area (Å²) >= 11 is 0. The number of rotatable bonds is 5. The van der Waals surface area contributed by atoms with E-state index in [4.69, 9.17) is 0 Å². The van der Waals surface area contributed by atoms with Gasteiger partial charge in [-0.25, -0.2) is 4.79 Å². The van der Waals surface area contributed by atoms with Gasteiger partial charge in [-0.3, -0.25) is 0 Å². The van der Waals surface area contributed by atoms with Crippen molar-refractivity contribution in [3.05, 3.63) is 0 Å². The summed E-state index contributed by atoms with van der Waals surface area (Å²) in [6.45, 7) is 9.39. The second-order valence-corrected chi connectivity index (χ2v) is 3.00. The third kappa shape index (κ3) is 17.4. The van der Waals surface area contributed by atoms with Gasteiger partial charge in [-0.1, -0.05) is 40.0 Å². The van der Waals surface area contributed by atoms with Crippen molar-refractivity contribution in [1.82, 2.24) is 5.32 Å². The molecule has 0 atom stereocenters. The second-order valence-electron chi connectivity index (χ2n) is 3.00. The van der Waals surface area contributed by atoms with Crippen LogP contribution in [-0.4, -0.2) is 19.2 Å². The lowest BCUT2D eigenvalue weighted by Gasteiger charge is -2.02. The highest BCUT2D eigenvalue weighted by Crippen LogP contribution is 1.83. The van der Waals surface area contributed by atoms with E-state index in [1.165, 1.54) is 12.8 Å². The van der Waals surface area contributed by atoms with Crippen LogP contribution in [0.25, 0.3) is 0 Å². The van der Waals surface area contributed by atoms with Gasteiger partial charge in [-0.05, 0) is 13.3 Å². The summed E-state index contributed by atoms with van der Waals surface area (Å²) in [5.74, 6) is 0. The number of nitrogens with one attached hydrogen (secondary N) is 1.